The van der Waals surface area contributed by atoms with E-state index in [9.17, 15) is 0 Å². The van der Waals surface area contributed by atoms with E-state index < -0.39 is 0 Å². The van der Waals surface area contributed by atoms with Crippen LogP contribution in [0.25, 0.3) is 0 Å². The summed E-state index contributed by atoms with van der Waals surface area (Å²) in [6, 6.07) is 7.28. The Morgan fingerprint density at radius 3 is 2.73 bits per heavy atom. The third-order valence-corrected chi connectivity index (χ3v) is 5.39. The number of fused-ring (bicyclic) bond motifs is 1. The molecule has 1 unspecified atom stereocenters. The Morgan fingerprint density at radius 2 is 2.05 bits per heavy atom. The molecule has 22 heavy (non-hydrogen) atoms. The van der Waals surface area contributed by atoms with Gasteiger partial charge in [-0.05, 0) is 62.6 Å². The van der Waals surface area contributed by atoms with Crippen molar-refractivity contribution in [3.8, 4) is 5.75 Å². The van der Waals surface area contributed by atoms with Crippen LogP contribution in [0.1, 0.15) is 76.5 Å². The fourth-order valence-corrected chi connectivity index (χ4v) is 3.99. The van der Waals surface area contributed by atoms with Crippen LogP contribution in [0.2, 0.25) is 0 Å². The van der Waals surface area contributed by atoms with Crippen molar-refractivity contribution in [1.29, 1.82) is 0 Å². The van der Waals surface area contributed by atoms with Gasteiger partial charge in [0.2, 0.25) is 0 Å². The first-order valence-corrected chi connectivity index (χ1v) is 9.17. The summed E-state index contributed by atoms with van der Waals surface area (Å²) in [5, 5.41) is 3.83. The number of hydrogen-bond acceptors (Lipinski definition) is 2. The highest BCUT2D eigenvalue weighted by Gasteiger charge is 2.42. The maximum absolute atomic E-state index is 6.50. The Hall–Kier alpha value is -1.02. The van der Waals surface area contributed by atoms with Crippen LogP contribution in [0, 0.1) is 5.92 Å². The van der Waals surface area contributed by atoms with Crippen LogP contribution in [-0.4, -0.2) is 12.1 Å². The highest BCUT2D eigenvalue weighted by atomic mass is 16.5. The zero-order valence-corrected chi connectivity index (χ0v) is 14.5. The number of ether oxygens (including phenoxy) is 1. The fourth-order valence-electron chi connectivity index (χ4n) is 3.99. The van der Waals surface area contributed by atoms with Gasteiger partial charge in [0.05, 0.1) is 0 Å². The summed E-state index contributed by atoms with van der Waals surface area (Å²) >= 11 is 0. The quantitative estimate of drug-likeness (QED) is 0.824. The van der Waals surface area contributed by atoms with Crippen molar-refractivity contribution in [1.82, 2.24) is 5.32 Å². The van der Waals surface area contributed by atoms with Crippen molar-refractivity contribution in [2.24, 2.45) is 5.92 Å². The summed E-state index contributed by atoms with van der Waals surface area (Å²) in [5.41, 5.74) is 2.91. The van der Waals surface area contributed by atoms with Gasteiger partial charge >= 0.3 is 0 Å². The molecular formula is C20H31NO. The van der Waals surface area contributed by atoms with Gasteiger partial charge in [-0.25, -0.2) is 0 Å². The predicted molar refractivity (Wildman–Crippen MR) is 92.5 cm³/mol. The predicted octanol–water partition coefficient (Wildman–Crippen LogP) is 5.02. The van der Waals surface area contributed by atoms with Gasteiger partial charge in [0.15, 0.2) is 0 Å². The summed E-state index contributed by atoms with van der Waals surface area (Å²) < 4.78 is 6.50. The number of benzene rings is 1. The van der Waals surface area contributed by atoms with E-state index >= 15 is 0 Å². The average Bonchev–Trinajstić information content (AvgIpc) is 2.94. The molecule has 1 atom stereocenters. The third kappa shape index (κ3) is 3.32. The molecular weight excluding hydrogens is 270 g/mol. The monoisotopic (exact) mass is 301 g/mol. The smallest absolute Gasteiger partial charge is 0.124 e. The van der Waals surface area contributed by atoms with Crippen LogP contribution in [0.5, 0.6) is 5.75 Å². The maximum atomic E-state index is 6.50. The van der Waals surface area contributed by atoms with Crippen molar-refractivity contribution in [3.63, 3.8) is 0 Å². The van der Waals surface area contributed by atoms with Crippen LogP contribution in [-0.2, 0) is 6.42 Å². The van der Waals surface area contributed by atoms with E-state index in [0.717, 1.165) is 31.1 Å². The number of rotatable bonds is 5. The summed E-state index contributed by atoms with van der Waals surface area (Å²) in [6.45, 7) is 7.93. The maximum Gasteiger partial charge on any atom is 0.124 e. The second kappa shape index (κ2) is 6.62. The zero-order valence-electron chi connectivity index (χ0n) is 14.5. The Kier molecular flexibility index (Phi) is 4.77. The SMILES string of the molecule is CCc1ccc2c(c1)C(NCCC(C)C)CC1(CCCC1)O2. The lowest BCUT2D eigenvalue weighted by molar-refractivity contribution is 0.0366. The molecule has 0 amide bonds. The van der Waals surface area contributed by atoms with E-state index in [2.05, 4.69) is 44.3 Å². The summed E-state index contributed by atoms with van der Waals surface area (Å²) in [4.78, 5) is 0. The van der Waals surface area contributed by atoms with Crippen LogP contribution < -0.4 is 10.1 Å². The molecule has 1 aromatic carbocycles. The molecule has 1 heterocycles. The topological polar surface area (TPSA) is 21.3 Å². The highest BCUT2D eigenvalue weighted by molar-refractivity contribution is 5.42. The van der Waals surface area contributed by atoms with Gasteiger partial charge in [-0.2, -0.15) is 0 Å². The molecule has 2 nitrogen and oxygen atoms in total. The van der Waals surface area contributed by atoms with E-state index in [1.807, 2.05) is 0 Å². The van der Waals surface area contributed by atoms with Gasteiger partial charge in [0.25, 0.3) is 0 Å². The van der Waals surface area contributed by atoms with Crippen molar-refractivity contribution in [2.45, 2.75) is 77.4 Å². The van der Waals surface area contributed by atoms with E-state index in [4.69, 9.17) is 4.74 Å². The number of hydrogen-bond donors (Lipinski definition) is 1. The van der Waals surface area contributed by atoms with Gasteiger partial charge in [-0.15, -0.1) is 0 Å². The Bertz CT molecular complexity index is 502. The second-order valence-electron chi connectivity index (χ2n) is 7.61. The molecule has 1 aliphatic carbocycles. The Balaban J connectivity index is 1.82. The molecule has 0 aromatic heterocycles. The van der Waals surface area contributed by atoms with Crippen molar-refractivity contribution >= 4 is 0 Å². The van der Waals surface area contributed by atoms with Gasteiger partial charge in [-0.1, -0.05) is 32.9 Å². The molecule has 1 saturated carbocycles. The molecule has 2 aliphatic rings. The normalized spacial score (nSPS) is 22.8. The molecule has 0 bridgehead atoms. The molecule has 1 spiro atoms. The van der Waals surface area contributed by atoms with Crippen LogP contribution >= 0.6 is 0 Å². The molecule has 122 valence electrons. The van der Waals surface area contributed by atoms with Crippen LogP contribution in [0.15, 0.2) is 18.2 Å². The minimum Gasteiger partial charge on any atom is -0.487 e. The summed E-state index contributed by atoms with van der Waals surface area (Å²) in [7, 11) is 0. The Labute approximate surface area is 135 Å². The standard InChI is InChI=1S/C20H31NO/c1-4-16-7-8-19-17(13-16)18(21-12-9-15(2)3)14-20(22-19)10-5-6-11-20/h7-8,13,15,18,21H,4-6,9-12,14H2,1-3H3. The number of aryl methyl sites for hydroxylation is 1. The van der Waals surface area contributed by atoms with Crippen molar-refractivity contribution in [2.75, 3.05) is 6.54 Å². The molecule has 0 saturated heterocycles. The summed E-state index contributed by atoms with van der Waals surface area (Å²) in [5.74, 6) is 1.89. The lowest BCUT2D eigenvalue weighted by atomic mass is 9.85. The lowest BCUT2D eigenvalue weighted by Gasteiger charge is -2.40. The van der Waals surface area contributed by atoms with Gasteiger partial charge < -0.3 is 10.1 Å². The van der Waals surface area contributed by atoms with E-state index in [0.29, 0.717) is 6.04 Å². The first kappa shape index (κ1) is 15.9. The lowest BCUT2D eigenvalue weighted by Crippen LogP contribution is -2.42. The van der Waals surface area contributed by atoms with E-state index in [1.165, 1.54) is 43.2 Å². The average molecular weight is 301 g/mol. The van der Waals surface area contributed by atoms with Gasteiger partial charge in [0, 0.05) is 18.0 Å². The first-order valence-electron chi connectivity index (χ1n) is 9.17. The van der Waals surface area contributed by atoms with Crippen LogP contribution in [0.3, 0.4) is 0 Å². The minimum atomic E-state index is 0.107. The molecule has 3 rings (SSSR count). The van der Waals surface area contributed by atoms with Crippen LogP contribution in [0.4, 0.5) is 0 Å². The Morgan fingerprint density at radius 1 is 1.27 bits per heavy atom. The zero-order chi connectivity index (χ0) is 15.6. The van der Waals surface area contributed by atoms with Gasteiger partial charge in [0.1, 0.15) is 11.4 Å². The van der Waals surface area contributed by atoms with Crippen molar-refractivity contribution < 1.29 is 4.74 Å². The highest BCUT2D eigenvalue weighted by Crippen LogP contribution is 2.47. The van der Waals surface area contributed by atoms with Crippen molar-refractivity contribution in [3.05, 3.63) is 29.3 Å². The molecule has 2 heteroatoms. The first-order chi connectivity index (χ1) is 10.6. The molecule has 1 aromatic rings. The number of nitrogens with one attached hydrogen (secondary N) is 1. The van der Waals surface area contributed by atoms with E-state index in [1.54, 1.807) is 0 Å². The fraction of sp³-hybridized carbons (Fsp3) is 0.700. The molecule has 1 aliphatic heterocycles. The molecule has 1 N–H and O–H groups in total. The third-order valence-electron chi connectivity index (χ3n) is 5.39. The largest absolute Gasteiger partial charge is 0.487 e. The van der Waals surface area contributed by atoms with Gasteiger partial charge in [-0.3, -0.25) is 0 Å². The van der Waals surface area contributed by atoms with E-state index in [-0.39, 0.29) is 5.60 Å². The molecule has 1 fully saturated rings. The summed E-state index contributed by atoms with van der Waals surface area (Å²) in [6.07, 6.45) is 8.58. The second-order valence-corrected chi connectivity index (χ2v) is 7.61. The minimum absolute atomic E-state index is 0.107. The molecule has 0 radical (unpaired) electrons.